The molecular weight excluding hydrogens is 190 g/mol. The lowest BCUT2D eigenvalue weighted by Crippen LogP contribution is -2.24. The third-order valence-electron chi connectivity index (χ3n) is 1.90. The molecule has 84 valence electrons. The molecule has 0 unspecified atom stereocenters. The molecule has 5 nitrogen and oxygen atoms in total. The van der Waals surface area contributed by atoms with Gasteiger partial charge >= 0.3 is 0 Å². The smallest absolute Gasteiger partial charge is 0.193 e. The molecule has 0 fully saturated rings. The fourth-order valence-corrected chi connectivity index (χ4v) is 1.35. The third kappa shape index (κ3) is 3.27. The number of hydrogen-bond acceptors (Lipinski definition) is 2. The summed E-state index contributed by atoms with van der Waals surface area (Å²) in [5.74, 6) is 0.438. The Morgan fingerprint density at radius 1 is 1.67 bits per heavy atom. The van der Waals surface area contributed by atoms with E-state index in [0.717, 1.165) is 17.8 Å². The normalized spacial score (nSPS) is 12.2. The van der Waals surface area contributed by atoms with Crippen LogP contribution in [0.1, 0.15) is 26.5 Å². The molecule has 3 N–H and O–H groups in total. The molecule has 15 heavy (non-hydrogen) atoms. The van der Waals surface area contributed by atoms with Gasteiger partial charge in [0.2, 0.25) is 0 Å². The van der Waals surface area contributed by atoms with E-state index in [1.54, 1.807) is 4.68 Å². The van der Waals surface area contributed by atoms with Crippen molar-refractivity contribution < 1.29 is 0 Å². The second-order valence-electron chi connectivity index (χ2n) is 3.75. The second kappa shape index (κ2) is 4.82. The Bertz CT molecular complexity index is 351. The van der Waals surface area contributed by atoms with E-state index >= 15 is 0 Å². The van der Waals surface area contributed by atoms with Crippen molar-refractivity contribution in [1.29, 1.82) is 0 Å². The third-order valence-corrected chi connectivity index (χ3v) is 1.90. The number of anilines is 1. The summed E-state index contributed by atoms with van der Waals surface area (Å²) in [4.78, 5) is 4.20. The summed E-state index contributed by atoms with van der Waals surface area (Å²) in [6, 6.07) is 0.194. The number of nitrogens with zero attached hydrogens (tertiary/aromatic N) is 3. The van der Waals surface area contributed by atoms with Crippen molar-refractivity contribution in [1.82, 2.24) is 9.78 Å². The lowest BCUT2D eigenvalue weighted by atomic mass is 10.3. The summed E-state index contributed by atoms with van der Waals surface area (Å²) in [5, 5.41) is 7.36. The van der Waals surface area contributed by atoms with Crippen LogP contribution >= 0.6 is 0 Å². The topological polar surface area (TPSA) is 68.2 Å². The van der Waals surface area contributed by atoms with Crippen molar-refractivity contribution in [2.45, 2.75) is 33.2 Å². The van der Waals surface area contributed by atoms with Crippen LogP contribution in [0.2, 0.25) is 0 Å². The van der Waals surface area contributed by atoms with E-state index in [2.05, 4.69) is 22.3 Å². The highest BCUT2D eigenvalue weighted by atomic mass is 15.3. The number of nitrogens with one attached hydrogen (secondary N) is 1. The van der Waals surface area contributed by atoms with Crippen LogP contribution in [0.15, 0.2) is 11.2 Å². The molecule has 5 heteroatoms. The van der Waals surface area contributed by atoms with Crippen LogP contribution in [0.5, 0.6) is 0 Å². The van der Waals surface area contributed by atoms with Crippen molar-refractivity contribution in [2.24, 2.45) is 17.8 Å². The molecule has 1 heterocycles. The number of aryl methyl sites for hydroxylation is 2. The maximum absolute atomic E-state index is 5.74. The summed E-state index contributed by atoms with van der Waals surface area (Å²) < 4.78 is 1.77. The van der Waals surface area contributed by atoms with Gasteiger partial charge in [0.15, 0.2) is 5.96 Å². The average Bonchev–Trinajstić information content (AvgIpc) is 2.44. The standard InChI is InChI=1S/C10H19N5/c1-5-8-9(6-15(4)14-8)13-10(11)12-7(2)3/h6-7H,5H2,1-4H3,(H3,11,12,13). The van der Waals surface area contributed by atoms with E-state index in [-0.39, 0.29) is 6.04 Å². The Morgan fingerprint density at radius 3 is 2.87 bits per heavy atom. The highest BCUT2D eigenvalue weighted by Gasteiger charge is 2.06. The SMILES string of the molecule is CCc1nn(C)cc1NC(N)=NC(C)C. The quantitative estimate of drug-likeness (QED) is 0.579. The van der Waals surface area contributed by atoms with Crippen LogP contribution in [0.25, 0.3) is 0 Å². The molecule has 0 radical (unpaired) electrons. The molecule has 0 saturated carbocycles. The van der Waals surface area contributed by atoms with Gasteiger partial charge in [-0.2, -0.15) is 5.10 Å². The van der Waals surface area contributed by atoms with Crippen molar-refractivity contribution in [2.75, 3.05) is 5.32 Å². The zero-order valence-electron chi connectivity index (χ0n) is 9.78. The highest BCUT2D eigenvalue weighted by molar-refractivity contribution is 5.92. The maximum atomic E-state index is 5.74. The molecule has 1 rings (SSSR count). The molecule has 0 aliphatic heterocycles. The van der Waals surface area contributed by atoms with Crippen molar-refractivity contribution in [3.05, 3.63) is 11.9 Å². The molecule has 0 amide bonds. The van der Waals surface area contributed by atoms with Gasteiger partial charge in [-0.3, -0.25) is 9.67 Å². The largest absolute Gasteiger partial charge is 0.370 e. The van der Waals surface area contributed by atoms with Gasteiger partial charge in [-0.1, -0.05) is 6.92 Å². The van der Waals surface area contributed by atoms with Crippen LogP contribution in [-0.4, -0.2) is 21.8 Å². The van der Waals surface area contributed by atoms with Gasteiger partial charge in [-0.15, -0.1) is 0 Å². The van der Waals surface area contributed by atoms with Crippen LogP contribution in [0.4, 0.5) is 5.69 Å². The van der Waals surface area contributed by atoms with Gasteiger partial charge in [0.25, 0.3) is 0 Å². The van der Waals surface area contributed by atoms with Crippen molar-refractivity contribution in [3.63, 3.8) is 0 Å². The van der Waals surface area contributed by atoms with Gasteiger partial charge in [0, 0.05) is 19.3 Å². The molecular formula is C10H19N5. The Morgan fingerprint density at radius 2 is 2.33 bits per heavy atom. The molecule has 0 saturated heterocycles. The second-order valence-corrected chi connectivity index (χ2v) is 3.75. The van der Waals surface area contributed by atoms with Crippen LogP contribution < -0.4 is 11.1 Å². The minimum atomic E-state index is 0.194. The van der Waals surface area contributed by atoms with Crippen LogP contribution in [0, 0.1) is 0 Å². The predicted molar refractivity (Wildman–Crippen MR) is 63.0 cm³/mol. The number of nitrogens with two attached hydrogens (primary N) is 1. The monoisotopic (exact) mass is 209 g/mol. The molecule has 0 aliphatic carbocycles. The first kappa shape index (κ1) is 11.6. The first-order chi connectivity index (χ1) is 7.02. The number of guanidine groups is 1. The molecule has 0 aliphatic rings. The summed E-state index contributed by atoms with van der Waals surface area (Å²) in [6.07, 6.45) is 2.78. The summed E-state index contributed by atoms with van der Waals surface area (Å²) in [6.45, 7) is 6.03. The lowest BCUT2D eigenvalue weighted by Gasteiger charge is -2.05. The minimum absolute atomic E-state index is 0.194. The first-order valence-corrected chi connectivity index (χ1v) is 5.15. The van der Waals surface area contributed by atoms with E-state index in [0.29, 0.717) is 5.96 Å². The zero-order valence-corrected chi connectivity index (χ0v) is 9.78. The van der Waals surface area contributed by atoms with E-state index in [1.807, 2.05) is 27.1 Å². The van der Waals surface area contributed by atoms with Gasteiger partial charge in [0.1, 0.15) is 0 Å². The highest BCUT2D eigenvalue weighted by Crippen LogP contribution is 2.12. The zero-order chi connectivity index (χ0) is 11.4. The van der Waals surface area contributed by atoms with Crippen molar-refractivity contribution in [3.8, 4) is 0 Å². The first-order valence-electron chi connectivity index (χ1n) is 5.15. The van der Waals surface area contributed by atoms with E-state index in [4.69, 9.17) is 5.73 Å². The Kier molecular flexibility index (Phi) is 3.71. The number of hydrogen-bond donors (Lipinski definition) is 2. The van der Waals surface area contributed by atoms with Gasteiger partial charge in [0.05, 0.1) is 11.4 Å². The van der Waals surface area contributed by atoms with Crippen LogP contribution in [0.3, 0.4) is 0 Å². The molecule has 1 aromatic heterocycles. The maximum Gasteiger partial charge on any atom is 0.193 e. The number of aromatic nitrogens is 2. The Labute approximate surface area is 90.4 Å². The Balaban J connectivity index is 2.79. The van der Waals surface area contributed by atoms with E-state index in [1.165, 1.54) is 0 Å². The van der Waals surface area contributed by atoms with Gasteiger partial charge in [-0.25, -0.2) is 0 Å². The summed E-state index contributed by atoms with van der Waals surface area (Å²) >= 11 is 0. The minimum Gasteiger partial charge on any atom is -0.370 e. The fourth-order valence-electron chi connectivity index (χ4n) is 1.35. The average molecular weight is 209 g/mol. The van der Waals surface area contributed by atoms with E-state index < -0.39 is 0 Å². The molecule has 1 aromatic rings. The van der Waals surface area contributed by atoms with Gasteiger partial charge < -0.3 is 11.1 Å². The lowest BCUT2D eigenvalue weighted by molar-refractivity contribution is 0.746. The fraction of sp³-hybridized carbons (Fsp3) is 0.600. The predicted octanol–water partition coefficient (Wildman–Crippen LogP) is 1.12. The van der Waals surface area contributed by atoms with Gasteiger partial charge in [-0.05, 0) is 20.3 Å². The van der Waals surface area contributed by atoms with Crippen molar-refractivity contribution >= 4 is 11.6 Å². The number of rotatable bonds is 3. The Hall–Kier alpha value is -1.52. The van der Waals surface area contributed by atoms with E-state index in [9.17, 15) is 0 Å². The van der Waals surface area contributed by atoms with Crippen LogP contribution in [-0.2, 0) is 13.5 Å². The molecule has 0 bridgehead atoms. The summed E-state index contributed by atoms with van der Waals surface area (Å²) in [7, 11) is 1.89. The molecule has 0 aromatic carbocycles. The number of aliphatic imine (C=N–C) groups is 1. The molecule has 0 atom stereocenters. The molecule has 0 spiro atoms. The summed E-state index contributed by atoms with van der Waals surface area (Å²) in [5.41, 5.74) is 7.67.